The van der Waals surface area contributed by atoms with Crippen LogP contribution in [0.15, 0.2) is 17.7 Å². The minimum absolute atomic E-state index is 0.110. The molecule has 1 heterocycles. The molecule has 1 aromatic rings. The summed E-state index contributed by atoms with van der Waals surface area (Å²) in [5, 5.41) is 46.1. The summed E-state index contributed by atoms with van der Waals surface area (Å²) in [4.78, 5) is 46.0. The van der Waals surface area contributed by atoms with Gasteiger partial charge in [-0.1, -0.05) is 19.4 Å². The number of phenolic OH excluding ortho intramolecular Hbond substituents is 1. The van der Waals surface area contributed by atoms with Crippen LogP contribution in [-0.4, -0.2) is 112 Å². The van der Waals surface area contributed by atoms with Crippen molar-refractivity contribution in [2.45, 2.75) is 69.2 Å². The van der Waals surface area contributed by atoms with Gasteiger partial charge in [0.05, 0.1) is 17.4 Å². The second-order valence-corrected chi connectivity index (χ2v) is 12.8. The molecule has 0 spiro atoms. The van der Waals surface area contributed by atoms with Crippen LogP contribution in [0.2, 0.25) is 0 Å². The molecule has 3 aliphatic carbocycles. The molecule has 2 unspecified atom stereocenters. The van der Waals surface area contributed by atoms with E-state index >= 15 is 0 Å². The molecule has 6 N–H and O–H groups in total. The number of amides is 1. The van der Waals surface area contributed by atoms with E-state index in [9.17, 15) is 34.8 Å². The number of rotatable bonds is 7. The monoisotopic (exact) mass is 584 g/mol. The first-order valence-electron chi connectivity index (χ1n) is 15.0. The van der Waals surface area contributed by atoms with Crippen molar-refractivity contribution in [1.29, 1.82) is 0 Å². The summed E-state index contributed by atoms with van der Waals surface area (Å²) in [6.45, 7) is 4.72. The van der Waals surface area contributed by atoms with Gasteiger partial charge in [0.2, 0.25) is 11.7 Å². The number of carbonyl (C=O) groups excluding carboxylic acids is 3. The third-order valence-corrected chi connectivity index (χ3v) is 10.1. The van der Waals surface area contributed by atoms with Crippen LogP contribution in [0.1, 0.15) is 50.2 Å². The molecule has 1 saturated heterocycles. The quantitative estimate of drug-likeness (QED) is 0.290. The van der Waals surface area contributed by atoms with Gasteiger partial charge in [0.15, 0.2) is 11.4 Å². The summed E-state index contributed by atoms with van der Waals surface area (Å²) in [6, 6.07) is 3.07. The van der Waals surface area contributed by atoms with E-state index in [1.807, 2.05) is 12.1 Å². The molecule has 0 bridgehead atoms. The van der Waals surface area contributed by atoms with Gasteiger partial charge in [-0.15, -0.1) is 0 Å². The van der Waals surface area contributed by atoms with Crippen molar-refractivity contribution in [1.82, 2.24) is 9.80 Å². The molecule has 1 amide bonds. The standard InChI is InChI=1S/C31H44N4O7/c1-5-6-11-35(18-9-12-34(4)13-10-18)20-8-7-16-14-17-15-19-24(33(2)3)27(38)23(30(32)41)29(40)31(19,42)28(39)22(17)26(37)21(16)25(20)36/h7-8,17-19,23-24,27,36-38,42H,5-6,9-15H2,1-4H3,(H2,32,41)/t17-,19-,23?,24-,27?,31-/m1/s1. The number of hydrogen-bond acceptors (Lipinski definition) is 10. The molecule has 6 atom stereocenters. The molecule has 0 radical (unpaired) electrons. The Morgan fingerprint density at radius 3 is 2.43 bits per heavy atom. The molecule has 2 saturated carbocycles. The van der Waals surface area contributed by atoms with Crippen LogP contribution < -0.4 is 10.6 Å². The van der Waals surface area contributed by atoms with E-state index in [1.165, 1.54) is 0 Å². The Bertz CT molecular complexity index is 1300. The minimum atomic E-state index is -2.65. The largest absolute Gasteiger partial charge is 0.507 e. The predicted molar refractivity (Wildman–Crippen MR) is 157 cm³/mol. The maximum atomic E-state index is 14.1. The Morgan fingerprint density at radius 1 is 1.17 bits per heavy atom. The number of Topliss-reactive ketones (excluding diaryl/α,β-unsaturated/α-hetero) is 2. The highest BCUT2D eigenvalue weighted by Gasteiger charge is 2.67. The fourth-order valence-corrected chi connectivity index (χ4v) is 7.93. The molecular weight excluding hydrogens is 540 g/mol. The third-order valence-electron chi connectivity index (χ3n) is 10.1. The van der Waals surface area contributed by atoms with Gasteiger partial charge < -0.3 is 40.9 Å². The van der Waals surface area contributed by atoms with Crippen LogP contribution in [0.4, 0.5) is 5.69 Å². The maximum absolute atomic E-state index is 14.1. The van der Waals surface area contributed by atoms with Gasteiger partial charge in [0.25, 0.3) is 0 Å². The summed E-state index contributed by atoms with van der Waals surface area (Å²) in [6.07, 6.45) is 2.67. The Labute approximate surface area is 246 Å². The van der Waals surface area contributed by atoms with Crippen molar-refractivity contribution >= 4 is 28.9 Å². The minimum Gasteiger partial charge on any atom is -0.507 e. The smallest absolute Gasteiger partial charge is 0.230 e. The van der Waals surface area contributed by atoms with Crippen molar-refractivity contribution in [3.63, 3.8) is 0 Å². The highest BCUT2D eigenvalue weighted by molar-refractivity contribution is 6.25. The number of phenols is 1. The zero-order valence-electron chi connectivity index (χ0n) is 24.9. The zero-order valence-corrected chi connectivity index (χ0v) is 24.9. The van der Waals surface area contributed by atoms with Crippen LogP contribution >= 0.6 is 0 Å². The number of unbranched alkanes of at least 4 members (excludes halogenated alkanes) is 1. The van der Waals surface area contributed by atoms with Gasteiger partial charge in [-0.25, -0.2) is 0 Å². The van der Waals surface area contributed by atoms with E-state index in [0.29, 0.717) is 17.7 Å². The molecule has 11 heteroatoms. The molecule has 0 aromatic heterocycles. The molecule has 1 aliphatic heterocycles. The number of anilines is 1. The molecule has 11 nitrogen and oxygen atoms in total. The van der Waals surface area contributed by atoms with E-state index in [1.54, 1.807) is 19.0 Å². The number of likely N-dealkylation sites (tertiary alicyclic amines) is 1. The molecule has 1 aromatic carbocycles. The average molecular weight is 585 g/mol. The second-order valence-electron chi connectivity index (χ2n) is 12.8. The van der Waals surface area contributed by atoms with Gasteiger partial charge in [0, 0.05) is 30.1 Å². The number of hydrogen-bond donors (Lipinski definition) is 5. The number of aliphatic hydroxyl groups excluding tert-OH is 2. The number of piperidine rings is 1. The Kier molecular flexibility index (Phi) is 8.17. The highest BCUT2D eigenvalue weighted by Crippen LogP contribution is 2.53. The van der Waals surface area contributed by atoms with Crippen molar-refractivity contribution < 1.29 is 34.8 Å². The number of ketones is 2. The van der Waals surface area contributed by atoms with Gasteiger partial charge in [-0.2, -0.15) is 0 Å². The first-order valence-corrected chi connectivity index (χ1v) is 15.0. The molecule has 230 valence electrons. The number of aromatic hydroxyl groups is 1. The summed E-state index contributed by atoms with van der Waals surface area (Å²) in [5.41, 5.74) is 4.08. The van der Waals surface area contributed by atoms with Gasteiger partial charge >= 0.3 is 0 Å². The predicted octanol–water partition coefficient (Wildman–Crippen LogP) is 0.830. The zero-order chi connectivity index (χ0) is 30.7. The summed E-state index contributed by atoms with van der Waals surface area (Å²) >= 11 is 0. The first-order chi connectivity index (χ1) is 19.8. The number of aliphatic hydroxyl groups is 3. The van der Waals surface area contributed by atoms with Crippen LogP contribution in [0.25, 0.3) is 5.76 Å². The van der Waals surface area contributed by atoms with Crippen LogP contribution in [0.5, 0.6) is 5.75 Å². The number of primary amides is 1. The fraction of sp³-hybridized carbons (Fsp3) is 0.645. The van der Waals surface area contributed by atoms with E-state index in [0.717, 1.165) is 45.3 Å². The van der Waals surface area contributed by atoms with Crippen LogP contribution in [0.3, 0.4) is 0 Å². The van der Waals surface area contributed by atoms with E-state index in [-0.39, 0.29) is 29.3 Å². The fourth-order valence-electron chi connectivity index (χ4n) is 7.93. The van der Waals surface area contributed by atoms with Gasteiger partial charge in [-0.3, -0.25) is 14.4 Å². The average Bonchev–Trinajstić information content (AvgIpc) is 2.92. The highest BCUT2D eigenvalue weighted by atomic mass is 16.3. The molecule has 4 aliphatic rings. The van der Waals surface area contributed by atoms with Gasteiger partial charge in [-0.05, 0) is 83.9 Å². The number of nitrogens with zero attached hydrogens (tertiary/aromatic N) is 3. The van der Waals surface area contributed by atoms with Gasteiger partial charge in [0.1, 0.15) is 17.4 Å². The molecular formula is C31H44N4O7. The lowest BCUT2D eigenvalue weighted by Crippen LogP contribution is -2.73. The maximum Gasteiger partial charge on any atom is 0.230 e. The summed E-state index contributed by atoms with van der Waals surface area (Å²) in [7, 11) is 5.37. The number of benzene rings is 1. The number of likely N-dealkylation sites (N-methyl/N-ethyl adjacent to an activating group) is 1. The van der Waals surface area contributed by atoms with E-state index < -0.39 is 58.7 Å². The number of fused-ring (bicyclic) bond motifs is 3. The lowest BCUT2D eigenvalue weighted by molar-refractivity contribution is -0.184. The Balaban J connectivity index is 1.59. The number of nitrogens with two attached hydrogens (primary N) is 1. The van der Waals surface area contributed by atoms with Crippen molar-refractivity contribution in [2.75, 3.05) is 45.7 Å². The first kappa shape index (κ1) is 30.5. The van der Waals surface area contributed by atoms with Crippen LogP contribution in [0, 0.1) is 17.8 Å². The van der Waals surface area contributed by atoms with Crippen molar-refractivity contribution in [3.8, 4) is 5.75 Å². The van der Waals surface area contributed by atoms with Crippen LogP contribution in [-0.2, 0) is 20.8 Å². The lowest BCUT2D eigenvalue weighted by atomic mass is 9.54. The normalized spacial score (nSPS) is 32.0. The lowest BCUT2D eigenvalue weighted by Gasteiger charge is -2.53. The molecule has 5 rings (SSSR count). The van der Waals surface area contributed by atoms with Crippen molar-refractivity contribution in [3.05, 3.63) is 28.8 Å². The molecule has 3 fully saturated rings. The SMILES string of the molecule is CCCCN(c1ccc2c(c1O)C(O)=C1C(=O)[C@@]3(O)C(=O)C(C(N)=O)C(O)[C@H](N(C)C)[C@H]3C[C@H]1C2)C1CCN(C)CC1. The van der Waals surface area contributed by atoms with E-state index in [4.69, 9.17) is 5.73 Å². The summed E-state index contributed by atoms with van der Waals surface area (Å²) < 4.78 is 0. The number of carbonyl (C=O) groups is 3. The van der Waals surface area contributed by atoms with E-state index in [2.05, 4.69) is 23.8 Å². The van der Waals surface area contributed by atoms with Crippen molar-refractivity contribution in [2.24, 2.45) is 23.5 Å². The Morgan fingerprint density at radius 2 is 1.83 bits per heavy atom. The molecule has 42 heavy (non-hydrogen) atoms. The summed E-state index contributed by atoms with van der Waals surface area (Å²) in [5.74, 6) is -7.21. The Hall–Kier alpha value is -2.99. The topological polar surface area (TPSA) is 168 Å². The second kappa shape index (κ2) is 11.3. The third kappa shape index (κ3) is 4.61.